The monoisotopic (exact) mass is 366 g/mol. The average Bonchev–Trinajstić information content (AvgIpc) is 3.23. The van der Waals surface area contributed by atoms with Gasteiger partial charge in [-0.25, -0.2) is 0 Å². The average molecular weight is 366 g/mol. The van der Waals surface area contributed by atoms with E-state index in [-0.39, 0.29) is 11.3 Å². The van der Waals surface area contributed by atoms with E-state index in [4.69, 9.17) is 10.1 Å². The predicted molar refractivity (Wildman–Crippen MR) is 93.8 cm³/mol. The number of hydroxylamine groups is 2. The molecule has 5 rings (SSSR count). The Morgan fingerprint density at radius 2 is 2.28 bits per heavy atom. The van der Waals surface area contributed by atoms with Crippen molar-refractivity contribution in [2.75, 3.05) is 12.4 Å². The number of carbonyl (C=O) groups is 1. The Morgan fingerprint density at radius 1 is 1.44 bits per heavy atom. The van der Waals surface area contributed by atoms with Crippen molar-refractivity contribution in [3.8, 4) is 23.0 Å². The normalized spacial score (nSPS) is 18.0. The summed E-state index contributed by atoms with van der Waals surface area (Å²) in [5.74, 6) is 6.24. The van der Waals surface area contributed by atoms with Crippen molar-refractivity contribution in [3.05, 3.63) is 32.8 Å². The maximum absolute atomic E-state index is 12.1. The van der Waals surface area contributed by atoms with Crippen molar-refractivity contribution in [2.45, 2.75) is 12.8 Å². The van der Waals surface area contributed by atoms with Crippen LogP contribution < -0.4 is 10.2 Å². The van der Waals surface area contributed by atoms with Gasteiger partial charge in [0.15, 0.2) is 5.69 Å². The van der Waals surface area contributed by atoms with Gasteiger partial charge < -0.3 is 10.2 Å². The van der Waals surface area contributed by atoms with E-state index in [1.54, 1.807) is 7.05 Å². The molecule has 2 aromatic rings. The van der Waals surface area contributed by atoms with Crippen LogP contribution in [0.4, 0.5) is 5.69 Å². The lowest BCUT2D eigenvalue weighted by atomic mass is 9.90. The molecule has 0 atom stereocenters. The van der Waals surface area contributed by atoms with Gasteiger partial charge in [0.25, 0.3) is 5.91 Å². The quantitative estimate of drug-likeness (QED) is 0.620. The van der Waals surface area contributed by atoms with Crippen LogP contribution in [0.15, 0.2) is 11.8 Å². The number of rotatable bonds is 1. The summed E-state index contributed by atoms with van der Waals surface area (Å²) in [6.07, 6.45) is 3.88. The minimum absolute atomic E-state index is 0.0674. The largest absolute Gasteiger partial charge is 0.384 e. The van der Waals surface area contributed by atoms with Gasteiger partial charge in [0.05, 0.1) is 21.7 Å². The summed E-state index contributed by atoms with van der Waals surface area (Å²) in [7, 11) is 1.74. The van der Waals surface area contributed by atoms with Crippen molar-refractivity contribution in [2.24, 2.45) is 5.41 Å². The van der Waals surface area contributed by atoms with E-state index >= 15 is 0 Å². The van der Waals surface area contributed by atoms with Crippen LogP contribution in [0.3, 0.4) is 0 Å². The number of aromatic nitrogens is 1. The zero-order chi connectivity index (χ0) is 17.2. The van der Waals surface area contributed by atoms with Gasteiger partial charge in [-0.1, -0.05) is 11.3 Å². The summed E-state index contributed by atoms with van der Waals surface area (Å²) >= 11 is 2.61. The molecule has 2 aliphatic heterocycles. The van der Waals surface area contributed by atoms with Gasteiger partial charge in [-0.05, 0) is 48.4 Å². The second kappa shape index (κ2) is 4.85. The van der Waals surface area contributed by atoms with Crippen LogP contribution in [-0.2, 0) is 4.79 Å². The maximum atomic E-state index is 12.1. The Balaban J connectivity index is 1.47. The first-order valence-corrected chi connectivity index (χ1v) is 9.23. The lowest BCUT2D eigenvalue weighted by Gasteiger charge is -2.41. The smallest absolute Gasteiger partial charge is 0.272 e. The number of hydrogen-bond acceptors (Lipinski definition) is 7. The molecule has 1 amide bonds. The molecule has 1 N–H and O–H groups in total. The zero-order valence-corrected chi connectivity index (χ0v) is 14.7. The van der Waals surface area contributed by atoms with Crippen LogP contribution in [0.1, 0.15) is 33.9 Å². The van der Waals surface area contributed by atoms with Gasteiger partial charge in [-0.15, -0.1) is 5.06 Å². The molecule has 3 aliphatic rings. The summed E-state index contributed by atoms with van der Waals surface area (Å²) in [4.78, 5) is 19.4. The van der Waals surface area contributed by atoms with Crippen molar-refractivity contribution in [1.29, 1.82) is 5.26 Å². The number of nitrogens with one attached hydrogen (secondary N) is 1. The van der Waals surface area contributed by atoms with E-state index in [0.29, 0.717) is 16.4 Å². The van der Waals surface area contributed by atoms with Crippen molar-refractivity contribution in [3.63, 3.8) is 0 Å². The van der Waals surface area contributed by atoms with E-state index in [2.05, 4.69) is 21.5 Å². The molecule has 1 spiro atoms. The molecule has 25 heavy (non-hydrogen) atoms. The molecule has 0 unspecified atom stereocenters. The fraction of sp³-hybridized carbons (Fsp3) is 0.235. The third kappa shape index (κ3) is 1.89. The Kier molecular flexibility index (Phi) is 2.82. The van der Waals surface area contributed by atoms with Gasteiger partial charge in [-0.2, -0.15) is 9.64 Å². The molecule has 0 aromatic carbocycles. The number of anilines is 1. The van der Waals surface area contributed by atoms with Gasteiger partial charge in [0, 0.05) is 12.6 Å². The lowest BCUT2D eigenvalue weighted by Crippen LogP contribution is -2.54. The van der Waals surface area contributed by atoms with Crippen LogP contribution in [0, 0.1) is 28.6 Å². The minimum atomic E-state index is -0.260. The summed E-state index contributed by atoms with van der Waals surface area (Å²) in [6.45, 7) is 0. The summed E-state index contributed by atoms with van der Waals surface area (Å²) in [6, 6.07) is 4.02. The predicted octanol–water partition coefficient (Wildman–Crippen LogP) is 2.79. The van der Waals surface area contributed by atoms with Crippen molar-refractivity contribution < 1.29 is 9.63 Å². The Labute approximate surface area is 151 Å². The highest BCUT2D eigenvalue weighted by molar-refractivity contribution is 7.14. The molecular formula is C17H10N4O2S2. The van der Waals surface area contributed by atoms with E-state index in [1.807, 2.05) is 18.2 Å². The van der Waals surface area contributed by atoms with Crippen LogP contribution in [-0.4, -0.2) is 22.4 Å². The third-order valence-corrected chi connectivity index (χ3v) is 6.29. The second-order valence-corrected chi connectivity index (χ2v) is 7.79. The van der Waals surface area contributed by atoms with Gasteiger partial charge in [0.1, 0.15) is 10.9 Å². The van der Waals surface area contributed by atoms with Crippen molar-refractivity contribution in [1.82, 2.24) is 9.44 Å². The first-order chi connectivity index (χ1) is 12.2. The van der Waals surface area contributed by atoms with Crippen LogP contribution in [0.2, 0.25) is 0 Å². The molecule has 2 fully saturated rings. The number of β-lactam (4-membered cyclic amide) rings is 1. The first kappa shape index (κ1) is 14.5. The molecule has 122 valence electrons. The van der Waals surface area contributed by atoms with E-state index in [1.165, 1.54) is 27.9 Å². The molecular weight excluding hydrogens is 356 g/mol. The van der Waals surface area contributed by atoms with E-state index in [9.17, 15) is 4.79 Å². The highest BCUT2D eigenvalue weighted by Crippen LogP contribution is 2.63. The van der Waals surface area contributed by atoms with Gasteiger partial charge >= 0.3 is 0 Å². The standard InChI is InChI=1S/C17H10N4O2S2/c1-19-14-11(8-18)20-25-12(14)3-2-10-6-9-7-13-17(4-5-17)16(22)21(13)23-15(9)24-10/h6-7,19H,4-5H2,1H3. The SMILES string of the molecule is CNc1c(C#N)nsc1C#Cc1cc2c(s1)ON1C(=O)C3(CC3)C1=C2. The Bertz CT molecular complexity index is 1070. The van der Waals surface area contributed by atoms with Crippen LogP contribution in [0.5, 0.6) is 5.06 Å². The fourth-order valence-corrected chi connectivity index (χ4v) is 4.63. The molecule has 8 heteroatoms. The number of carbonyl (C=O) groups excluding carboxylic acids is 1. The van der Waals surface area contributed by atoms with Gasteiger partial charge in [-0.3, -0.25) is 4.79 Å². The Hall–Kier alpha value is -2.81. The lowest BCUT2D eigenvalue weighted by molar-refractivity contribution is -0.174. The second-order valence-electron chi connectivity index (χ2n) is 6.00. The van der Waals surface area contributed by atoms with Crippen LogP contribution in [0.25, 0.3) is 6.08 Å². The van der Waals surface area contributed by atoms with E-state index < -0.39 is 0 Å². The molecule has 1 saturated heterocycles. The molecule has 0 bridgehead atoms. The molecule has 2 aromatic heterocycles. The number of fused-ring (bicyclic) bond motifs is 3. The number of amides is 1. The summed E-state index contributed by atoms with van der Waals surface area (Å²) in [5, 5.41) is 14.1. The van der Waals surface area contributed by atoms with Gasteiger partial charge in [0.2, 0.25) is 5.06 Å². The maximum Gasteiger partial charge on any atom is 0.272 e. The number of nitrogens with zero attached hydrogens (tertiary/aromatic N) is 3. The number of nitriles is 1. The summed E-state index contributed by atoms with van der Waals surface area (Å²) in [5.41, 5.74) is 2.69. The zero-order valence-electron chi connectivity index (χ0n) is 13.0. The first-order valence-electron chi connectivity index (χ1n) is 7.64. The fourth-order valence-electron chi connectivity index (χ4n) is 3.09. The minimum Gasteiger partial charge on any atom is -0.384 e. The highest BCUT2D eigenvalue weighted by Gasteiger charge is 2.67. The van der Waals surface area contributed by atoms with Crippen LogP contribution >= 0.6 is 22.9 Å². The topological polar surface area (TPSA) is 78.2 Å². The summed E-state index contributed by atoms with van der Waals surface area (Å²) < 4.78 is 4.08. The number of thiophene rings is 1. The molecule has 4 heterocycles. The Morgan fingerprint density at radius 3 is 3.00 bits per heavy atom. The molecule has 1 saturated carbocycles. The van der Waals surface area contributed by atoms with Crippen molar-refractivity contribution >= 4 is 40.5 Å². The van der Waals surface area contributed by atoms with E-state index in [0.717, 1.165) is 33.9 Å². The molecule has 0 radical (unpaired) electrons. The molecule has 1 aliphatic carbocycles. The third-order valence-electron chi connectivity index (χ3n) is 4.59. The molecule has 6 nitrogen and oxygen atoms in total. The number of hydrogen-bond donors (Lipinski definition) is 1. The highest BCUT2D eigenvalue weighted by atomic mass is 32.1.